The van der Waals surface area contributed by atoms with E-state index in [4.69, 9.17) is 0 Å². The standard InChI is InChI=1S/C17H25NO2/c1-2-3-7-14-10-12-15(13-11-14)17(19)18(20)16-8-5-4-6-9-16/h4-6,8-9,14-15,20H,2-3,7,10-13H2,1H3. The number of nitrogens with zero attached hydrogens (tertiary/aromatic N) is 1. The Hall–Kier alpha value is -1.35. The number of amides is 1. The molecule has 1 aliphatic carbocycles. The summed E-state index contributed by atoms with van der Waals surface area (Å²) in [7, 11) is 0. The lowest BCUT2D eigenvalue weighted by Gasteiger charge is -2.29. The molecular weight excluding hydrogens is 250 g/mol. The molecule has 1 N–H and O–H groups in total. The van der Waals surface area contributed by atoms with Crippen LogP contribution in [0.4, 0.5) is 5.69 Å². The predicted octanol–water partition coefficient (Wildman–Crippen LogP) is 4.41. The lowest BCUT2D eigenvalue weighted by Crippen LogP contribution is -2.35. The maximum Gasteiger partial charge on any atom is 0.253 e. The lowest BCUT2D eigenvalue weighted by molar-refractivity contribution is -0.128. The van der Waals surface area contributed by atoms with Crippen LogP contribution in [-0.4, -0.2) is 11.1 Å². The number of benzene rings is 1. The third kappa shape index (κ3) is 3.83. The van der Waals surface area contributed by atoms with E-state index in [-0.39, 0.29) is 11.8 Å². The minimum atomic E-state index is -0.148. The average molecular weight is 275 g/mol. The highest BCUT2D eigenvalue weighted by molar-refractivity contribution is 5.92. The number of unbranched alkanes of at least 4 members (excludes halogenated alkanes) is 1. The van der Waals surface area contributed by atoms with Crippen molar-refractivity contribution in [2.24, 2.45) is 11.8 Å². The Morgan fingerprint density at radius 2 is 1.85 bits per heavy atom. The molecule has 2 rings (SSSR count). The third-order valence-electron chi connectivity index (χ3n) is 4.37. The first-order chi connectivity index (χ1) is 9.72. The van der Waals surface area contributed by atoms with E-state index in [0.29, 0.717) is 5.69 Å². The van der Waals surface area contributed by atoms with Gasteiger partial charge in [-0.1, -0.05) is 44.4 Å². The molecule has 0 spiro atoms. The van der Waals surface area contributed by atoms with Crippen LogP contribution in [-0.2, 0) is 4.79 Å². The van der Waals surface area contributed by atoms with Crippen molar-refractivity contribution >= 4 is 11.6 Å². The van der Waals surface area contributed by atoms with Crippen LogP contribution < -0.4 is 5.06 Å². The second-order valence-electron chi connectivity index (χ2n) is 5.85. The maximum atomic E-state index is 12.3. The molecule has 1 saturated carbocycles. The fraction of sp³-hybridized carbons (Fsp3) is 0.588. The fourth-order valence-corrected chi connectivity index (χ4v) is 3.06. The fourth-order valence-electron chi connectivity index (χ4n) is 3.06. The molecule has 0 radical (unpaired) electrons. The molecule has 0 aliphatic heterocycles. The van der Waals surface area contributed by atoms with Crippen LogP contribution in [0.15, 0.2) is 30.3 Å². The zero-order chi connectivity index (χ0) is 14.4. The second-order valence-corrected chi connectivity index (χ2v) is 5.85. The van der Waals surface area contributed by atoms with Gasteiger partial charge in [-0.05, 0) is 43.7 Å². The Labute approximate surface area is 121 Å². The van der Waals surface area contributed by atoms with Crippen LogP contribution in [0.3, 0.4) is 0 Å². The van der Waals surface area contributed by atoms with E-state index in [0.717, 1.165) is 36.7 Å². The average Bonchev–Trinajstić information content (AvgIpc) is 2.53. The molecule has 0 atom stereocenters. The Morgan fingerprint density at radius 3 is 2.45 bits per heavy atom. The van der Waals surface area contributed by atoms with Crippen molar-refractivity contribution in [1.29, 1.82) is 0 Å². The highest BCUT2D eigenvalue weighted by Gasteiger charge is 2.29. The van der Waals surface area contributed by atoms with Crippen LogP contribution >= 0.6 is 0 Å². The first-order valence-electron chi connectivity index (χ1n) is 7.80. The number of carbonyl (C=O) groups excluding carboxylic acids is 1. The number of hydroxylamine groups is 1. The van der Waals surface area contributed by atoms with Crippen LogP contribution in [0.2, 0.25) is 0 Å². The summed E-state index contributed by atoms with van der Waals surface area (Å²) in [5, 5.41) is 10.9. The van der Waals surface area contributed by atoms with Crippen molar-refractivity contribution in [1.82, 2.24) is 0 Å². The van der Waals surface area contributed by atoms with Gasteiger partial charge in [0.15, 0.2) is 0 Å². The molecule has 0 heterocycles. The molecule has 20 heavy (non-hydrogen) atoms. The van der Waals surface area contributed by atoms with E-state index >= 15 is 0 Å². The smallest absolute Gasteiger partial charge is 0.253 e. The number of carbonyl (C=O) groups is 1. The van der Waals surface area contributed by atoms with Gasteiger partial charge in [0.2, 0.25) is 0 Å². The van der Waals surface area contributed by atoms with Gasteiger partial charge in [-0.3, -0.25) is 10.0 Å². The van der Waals surface area contributed by atoms with Crippen molar-refractivity contribution in [2.75, 3.05) is 5.06 Å². The molecule has 3 nitrogen and oxygen atoms in total. The molecule has 1 aliphatic rings. The van der Waals surface area contributed by atoms with Crippen molar-refractivity contribution < 1.29 is 10.0 Å². The minimum absolute atomic E-state index is 0.0157. The first kappa shape index (κ1) is 15.0. The summed E-state index contributed by atoms with van der Waals surface area (Å²) in [6, 6.07) is 9.04. The van der Waals surface area contributed by atoms with Gasteiger partial charge in [0.1, 0.15) is 0 Å². The quantitative estimate of drug-likeness (QED) is 0.639. The van der Waals surface area contributed by atoms with Crippen molar-refractivity contribution in [3.63, 3.8) is 0 Å². The summed E-state index contributed by atoms with van der Waals surface area (Å²) < 4.78 is 0. The molecule has 1 aromatic carbocycles. The Morgan fingerprint density at radius 1 is 1.20 bits per heavy atom. The van der Waals surface area contributed by atoms with E-state index in [1.165, 1.54) is 19.3 Å². The monoisotopic (exact) mass is 275 g/mol. The molecule has 3 heteroatoms. The molecule has 110 valence electrons. The molecule has 1 aromatic rings. The van der Waals surface area contributed by atoms with Crippen LogP contribution in [0.5, 0.6) is 0 Å². The van der Waals surface area contributed by atoms with Crippen molar-refractivity contribution in [2.45, 2.75) is 51.9 Å². The number of anilines is 1. The zero-order valence-corrected chi connectivity index (χ0v) is 12.3. The van der Waals surface area contributed by atoms with Gasteiger partial charge in [-0.15, -0.1) is 0 Å². The Balaban J connectivity index is 1.85. The van der Waals surface area contributed by atoms with Crippen LogP contribution in [0.1, 0.15) is 51.9 Å². The predicted molar refractivity (Wildman–Crippen MR) is 80.7 cm³/mol. The van der Waals surface area contributed by atoms with Gasteiger partial charge in [0.25, 0.3) is 5.91 Å². The minimum Gasteiger partial charge on any atom is -0.281 e. The van der Waals surface area contributed by atoms with E-state index in [1.807, 2.05) is 18.2 Å². The Bertz CT molecular complexity index is 410. The Kier molecular flexibility index (Phi) is 5.60. The van der Waals surface area contributed by atoms with Gasteiger partial charge in [-0.2, -0.15) is 5.06 Å². The number of para-hydroxylation sites is 1. The second kappa shape index (κ2) is 7.44. The van der Waals surface area contributed by atoms with Crippen LogP contribution in [0, 0.1) is 11.8 Å². The van der Waals surface area contributed by atoms with Gasteiger partial charge in [0.05, 0.1) is 5.69 Å². The maximum absolute atomic E-state index is 12.3. The highest BCUT2D eigenvalue weighted by atomic mass is 16.5. The van der Waals surface area contributed by atoms with Gasteiger partial charge < -0.3 is 0 Å². The van der Waals surface area contributed by atoms with E-state index in [1.54, 1.807) is 12.1 Å². The first-order valence-corrected chi connectivity index (χ1v) is 7.80. The summed E-state index contributed by atoms with van der Waals surface area (Å²) in [5.41, 5.74) is 0.561. The van der Waals surface area contributed by atoms with Crippen molar-refractivity contribution in [3.05, 3.63) is 30.3 Å². The number of rotatable bonds is 5. The topological polar surface area (TPSA) is 40.5 Å². The van der Waals surface area contributed by atoms with E-state index in [9.17, 15) is 10.0 Å². The van der Waals surface area contributed by atoms with Crippen LogP contribution in [0.25, 0.3) is 0 Å². The number of hydrogen-bond donors (Lipinski definition) is 1. The molecule has 1 amide bonds. The summed E-state index contributed by atoms with van der Waals surface area (Å²) in [5.74, 6) is 0.617. The molecule has 0 unspecified atom stereocenters. The molecule has 0 bridgehead atoms. The third-order valence-corrected chi connectivity index (χ3v) is 4.37. The lowest BCUT2D eigenvalue weighted by atomic mass is 9.79. The van der Waals surface area contributed by atoms with Gasteiger partial charge in [-0.25, -0.2) is 0 Å². The molecule has 0 aromatic heterocycles. The number of hydrogen-bond acceptors (Lipinski definition) is 2. The SMILES string of the molecule is CCCCC1CCC(C(=O)N(O)c2ccccc2)CC1. The zero-order valence-electron chi connectivity index (χ0n) is 12.3. The van der Waals surface area contributed by atoms with Gasteiger partial charge >= 0.3 is 0 Å². The molecular formula is C17H25NO2. The highest BCUT2D eigenvalue weighted by Crippen LogP contribution is 2.33. The summed E-state index contributed by atoms with van der Waals surface area (Å²) in [6.45, 7) is 2.22. The van der Waals surface area contributed by atoms with E-state index < -0.39 is 0 Å². The van der Waals surface area contributed by atoms with Gasteiger partial charge in [0, 0.05) is 5.92 Å². The normalized spacial score (nSPS) is 22.5. The van der Waals surface area contributed by atoms with E-state index in [2.05, 4.69) is 6.92 Å². The molecule has 1 fully saturated rings. The largest absolute Gasteiger partial charge is 0.281 e. The molecule has 0 saturated heterocycles. The summed E-state index contributed by atoms with van der Waals surface area (Å²) in [4.78, 5) is 12.3. The van der Waals surface area contributed by atoms with Crippen molar-refractivity contribution in [3.8, 4) is 0 Å². The summed E-state index contributed by atoms with van der Waals surface area (Å²) in [6.07, 6.45) is 7.90. The summed E-state index contributed by atoms with van der Waals surface area (Å²) >= 11 is 0.